The molecular weight excluding hydrogens is 609 g/mol. The molecule has 8 nitrogen and oxygen atoms in total. The molecule has 3 atom stereocenters. The standard InChI is InChI=1S/C39H46FN3O5/c1-4-8-29(9-5-2)43(30-13-14-32(40)25(3)20-30)37(45)24-41-23-31(26-12-15-35-28(21-26)17-19-48-35)38(39(46)47)34(41)16-18-42-33-11-7-6-10-27(33)22-36(42)44/h6-7,10-15,20-21,29,31,34,38H,4-5,8-9,16-19,22-24H2,1-3H3,(H,46,47)/t31-,34+,38-/m1/s1. The monoisotopic (exact) mass is 655 g/mol. The number of benzene rings is 3. The normalized spacial score (nSPS) is 20.2. The molecule has 0 unspecified atom stereocenters. The number of carboxylic acid groups (broad SMARTS) is 1. The van der Waals surface area contributed by atoms with E-state index in [-0.39, 0.29) is 36.1 Å². The zero-order valence-electron chi connectivity index (χ0n) is 28.2. The minimum absolute atomic E-state index is 0.00121. The third-order valence-electron chi connectivity index (χ3n) is 10.4. The molecule has 3 aliphatic rings. The molecular formula is C39H46FN3O5. The summed E-state index contributed by atoms with van der Waals surface area (Å²) in [7, 11) is 0. The smallest absolute Gasteiger partial charge is 0.308 e. The molecule has 0 saturated carbocycles. The van der Waals surface area contributed by atoms with E-state index < -0.39 is 17.9 Å². The molecule has 48 heavy (non-hydrogen) atoms. The van der Waals surface area contributed by atoms with Crippen molar-refractivity contribution in [3.63, 3.8) is 0 Å². The fraction of sp³-hybridized carbons (Fsp3) is 0.462. The van der Waals surface area contributed by atoms with E-state index in [0.717, 1.165) is 60.2 Å². The highest BCUT2D eigenvalue weighted by molar-refractivity contribution is 6.01. The number of aryl methyl sites for hydroxylation is 1. The fourth-order valence-electron chi connectivity index (χ4n) is 8.11. The van der Waals surface area contributed by atoms with Gasteiger partial charge in [-0.3, -0.25) is 19.3 Å². The zero-order valence-corrected chi connectivity index (χ0v) is 28.2. The van der Waals surface area contributed by atoms with Gasteiger partial charge in [0.2, 0.25) is 11.8 Å². The SMILES string of the molecule is CCCC(CCC)N(C(=O)CN1C[C@H](c2ccc3c(c2)CCO3)[C@@H](C(=O)O)[C@@H]1CCN1C(=O)Cc2ccccc21)c1ccc(F)c(C)c1. The van der Waals surface area contributed by atoms with Gasteiger partial charge in [-0.05, 0) is 78.8 Å². The van der Waals surface area contributed by atoms with Gasteiger partial charge in [0.05, 0.1) is 25.5 Å². The van der Waals surface area contributed by atoms with Crippen molar-refractivity contribution in [2.45, 2.75) is 83.7 Å². The van der Waals surface area contributed by atoms with Gasteiger partial charge in [0.1, 0.15) is 11.6 Å². The lowest BCUT2D eigenvalue weighted by Gasteiger charge is -2.35. The van der Waals surface area contributed by atoms with Crippen LogP contribution in [-0.4, -0.2) is 66.1 Å². The number of carbonyl (C=O) groups excluding carboxylic acids is 2. The maximum Gasteiger partial charge on any atom is 0.308 e. The van der Waals surface area contributed by atoms with Crippen LogP contribution in [-0.2, 0) is 27.2 Å². The number of nitrogens with zero attached hydrogens (tertiary/aromatic N) is 3. The van der Waals surface area contributed by atoms with Crippen molar-refractivity contribution in [3.05, 3.63) is 88.7 Å². The number of amides is 2. The quantitative estimate of drug-likeness (QED) is 0.226. The summed E-state index contributed by atoms with van der Waals surface area (Å²) in [4.78, 5) is 46.4. The molecule has 0 aliphatic carbocycles. The Labute approximate surface area is 282 Å². The first-order valence-corrected chi connectivity index (χ1v) is 17.4. The van der Waals surface area contributed by atoms with Crippen molar-refractivity contribution < 1.29 is 28.6 Å². The predicted octanol–water partition coefficient (Wildman–Crippen LogP) is 6.52. The fourth-order valence-corrected chi connectivity index (χ4v) is 8.11. The van der Waals surface area contributed by atoms with E-state index >= 15 is 0 Å². The van der Waals surface area contributed by atoms with Gasteiger partial charge < -0.3 is 19.6 Å². The van der Waals surface area contributed by atoms with E-state index in [1.165, 1.54) is 6.07 Å². The van der Waals surface area contributed by atoms with E-state index in [9.17, 15) is 23.9 Å². The number of likely N-dealkylation sites (tertiary alicyclic amines) is 1. The van der Waals surface area contributed by atoms with Crippen molar-refractivity contribution >= 4 is 29.2 Å². The number of hydrogen-bond acceptors (Lipinski definition) is 5. The second-order valence-corrected chi connectivity index (χ2v) is 13.5. The number of halogens is 1. The largest absolute Gasteiger partial charge is 0.493 e. The summed E-state index contributed by atoms with van der Waals surface area (Å²) in [6.45, 7) is 7.27. The van der Waals surface area contributed by atoms with Crippen molar-refractivity contribution in [1.82, 2.24) is 4.90 Å². The van der Waals surface area contributed by atoms with Crippen LogP contribution in [0.4, 0.5) is 15.8 Å². The first-order valence-electron chi connectivity index (χ1n) is 17.4. The molecule has 3 heterocycles. The highest BCUT2D eigenvalue weighted by Gasteiger charge is 2.48. The molecule has 1 saturated heterocycles. The molecule has 1 N–H and O–H groups in total. The van der Waals surface area contributed by atoms with E-state index in [1.54, 1.807) is 24.0 Å². The molecule has 0 bridgehead atoms. The number of carbonyl (C=O) groups is 3. The van der Waals surface area contributed by atoms with Crippen LogP contribution in [0.25, 0.3) is 0 Å². The minimum atomic E-state index is -0.911. The van der Waals surface area contributed by atoms with Crippen LogP contribution < -0.4 is 14.5 Å². The number of hydrogen-bond donors (Lipinski definition) is 1. The molecule has 0 radical (unpaired) electrons. The Hall–Kier alpha value is -4.24. The van der Waals surface area contributed by atoms with Gasteiger partial charge in [-0.15, -0.1) is 0 Å². The summed E-state index contributed by atoms with van der Waals surface area (Å²) < 4.78 is 20.1. The third kappa shape index (κ3) is 6.70. The number of fused-ring (bicyclic) bond motifs is 2. The highest BCUT2D eigenvalue weighted by Crippen LogP contribution is 2.42. The maximum absolute atomic E-state index is 14.5. The number of rotatable bonds is 13. The van der Waals surface area contributed by atoms with Gasteiger partial charge in [-0.25, -0.2) is 4.39 Å². The molecule has 6 rings (SSSR count). The Morgan fingerprint density at radius 3 is 2.54 bits per heavy atom. The van der Waals surface area contributed by atoms with Gasteiger partial charge in [0.25, 0.3) is 0 Å². The average molecular weight is 656 g/mol. The molecule has 0 spiro atoms. The minimum Gasteiger partial charge on any atom is -0.493 e. The van der Waals surface area contributed by atoms with Crippen LogP contribution in [0.1, 0.15) is 74.1 Å². The lowest BCUT2D eigenvalue weighted by molar-refractivity contribution is -0.143. The Morgan fingerprint density at radius 2 is 1.81 bits per heavy atom. The molecule has 3 aromatic carbocycles. The Bertz CT molecular complexity index is 1670. The predicted molar refractivity (Wildman–Crippen MR) is 184 cm³/mol. The second-order valence-electron chi connectivity index (χ2n) is 13.5. The van der Waals surface area contributed by atoms with Crippen LogP contribution >= 0.6 is 0 Å². The Kier molecular flexibility index (Phi) is 10.2. The number of aliphatic carboxylic acids is 1. The summed E-state index contributed by atoms with van der Waals surface area (Å²) in [5.41, 5.74) is 4.96. The molecule has 3 aromatic rings. The maximum atomic E-state index is 14.5. The Morgan fingerprint density at radius 1 is 1.04 bits per heavy atom. The molecule has 2 amide bonds. The van der Waals surface area contributed by atoms with Gasteiger partial charge in [-0.2, -0.15) is 0 Å². The topological polar surface area (TPSA) is 90.4 Å². The molecule has 9 heteroatoms. The van der Waals surface area contributed by atoms with Crippen molar-refractivity contribution in [3.8, 4) is 5.75 Å². The van der Waals surface area contributed by atoms with Gasteiger partial charge >= 0.3 is 5.97 Å². The number of ether oxygens (including phenoxy) is 1. The molecule has 0 aromatic heterocycles. The van der Waals surface area contributed by atoms with Crippen LogP contribution in [0.15, 0.2) is 60.7 Å². The average Bonchev–Trinajstić information content (AvgIpc) is 3.76. The number of para-hydroxylation sites is 1. The third-order valence-corrected chi connectivity index (χ3v) is 10.4. The summed E-state index contributed by atoms with van der Waals surface area (Å²) in [5.74, 6) is -1.66. The summed E-state index contributed by atoms with van der Waals surface area (Å²) in [6.07, 6.45) is 4.87. The van der Waals surface area contributed by atoms with E-state index in [4.69, 9.17) is 4.74 Å². The van der Waals surface area contributed by atoms with Crippen molar-refractivity contribution in [2.24, 2.45) is 5.92 Å². The van der Waals surface area contributed by atoms with E-state index in [2.05, 4.69) is 19.9 Å². The molecule has 254 valence electrons. The Balaban J connectivity index is 1.34. The summed E-state index contributed by atoms with van der Waals surface area (Å²) in [5, 5.41) is 10.8. The lowest BCUT2D eigenvalue weighted by atomic mass is 9.83. The van der Waals surface area contributed by atoms with Crippen LogP contribution in [0.2, 0.25) is 0 Å². The van der Waals surface area contributed by atoms with Crippen LogP contribution in [0, 0.1) is 18.7 Å². The summed E-state index contributed by atoms with van der Waals surface area (Å²) in [6, 6.07) is 17.9. The number of carboxylic acids is 1. The van der Waals surface area contributed by atoms with Gasteiger partial charge in [0.15, 0.2) is 0 Å². The van der Waals surface area contributed by atoms with E-state index in [0.29, 0.717) is 43.8 Å². The second kappa shape index (κ2) is 14.5. The first-order chi connectivity index (χ1) is 23.2. The molecule has 1 fully saturated rings. The number of anilines is 2. The van der Waals surface area contributed by atoms with Crippen molar-refractivity contribution in [1.29, 1.82) is 0 Å². The first kappa shape index (κ1) is 33.7. The van der Waals surface area contributed by atoms with E-state index in [1.807, 2.05) is 46.2 Å². The lowest BCUT2D eigenvalue weighted by Crippen LogP contribution is -2.48. The summed E-state index contributed by atoms with van der Waals surface area (Å²) >= 11 is 0. The van der Waals surface area contributed by atoms with Gasteiger partial charge in [-0.1, -0.05) is 57.0 Å². The highest BCUT2D eigenvalue weighted by atomic mass is 19.1. The van der Waals surface area contributed by atoms with Crippen LogP contribution in [0.5, 0.6) is 5.75 Å². The molecule has 3 aliphatic heterocycles. The van der Waals surface area contributed by atoms with Crippen molar-refractivity contribution in [2.75, 3.05) is 36.0 Å². The van der Waals surface area contributed by atoms with Crippen LogP contribution in [0.3, 0.4) is 0 Å². The van der Waals surface area contributed by atoms with Gasteiger partial charge in [0, 0.05) is 48.9 Å². The zero-order chi connectivity index (χ0) is 33.9.